The second-order valence-corrected chi connectivity index (χ2v) is 7.05. The maximum atomic E-state index is 13.2. The van der Waals surface area contributed by atoms with E-state index in [2.05, 4.69) is 15.5 Å². The van der Waals surface area contributed by atoms with E-state index < -0.39 is 17.9 Å². The van der Waals surface area contributed by atoms with Gasteiger partial charge in [-0.3, -0.25) is 9.59 Å². The van der Waals surface area contributed by atoms with E-state index in [1.54, 1.807) is 37.3 Å². The highest BCUT2D eigenvalue weighted by Crippen LogP contribution is 2.30. The zero-order chi connectivity index (χ0) is 21.4. The molecule has 3 heterocycles. The number of primary amides is 1. The molecule has 0 aliphatic heterocycles. The van der Waals surface area contributed by atoms with E-state index in [1.165, 1.54) is 0 Å². The standard InChI is InChI=1S/C22H20N4O4/c1-11-9-15(13(3)29-11)17-10-16(18-12(2)26-30-22(18)24-17)21(28)25-19(20(23)27)14-7-5-4-6-8-14/h4-10,19H,1-3H3,(H2,23,27)(H,25,28). The number of carbonyl (C=O) groups excluding carboxylic acids is 2. The van der Waals surface area contributed by atoms with E-state index in [4.69, 9.17) is 14.7 Å². The van der Waals surface area contributed by atoms with Crippen molar-refractivity contribution in [3.63, 3.8) is 0 Å². The van der Waals surface area contributed by atoms with Crippen LogP contribution in [0.4, 0.5) is 0 Å². The van der Waals surface area contributed by atoms with Gasteiger partial charge in [0.2, 0.25) is 5.91 Å². The van der Waals surface area contributed by atoms with Gasteiger partial charge < -0.3 is 20.0 Å². The number of fused-ring (bicyclic) bond motifs is 1. The lowest BCUT2D eigenvalue weighted by Crippen LogP contribution is -2.37. The molecule has 8 nitrogen and oxygen atoms in total. The Balaban J connectivity index is 1.80. The molecule has 0 radical (unpaired) electrons. The van der Waals surface area contributed by atoms with Gasteiger partial charge in [0.1, 0.15) is 17.6 Å². The van der Waals surface area contributed by atoms with Gasteiger partial charge in [0.25, 0.3) is 11.6 Å². The number of hydrogen-bond donors (Lipinski definition) is 2. The highest BCUT2D eigenvalue weighted by Gasteiger charge is 2.25. The van der Waals surface area contributed by atoms with Crippen LogP contribution in [0.15, 0.2) is 51.4 Å². The minimum absolute atomic E-state index is 0.226. The van der Waals surface area contributed by atoms with Crippen molar-refractivity contribution < 1.29 is 18.5 Å². The lowest BCUT2D eigenvalue weighted by molar-refractivity contribution is -0.120. The molecule has 2 amide bonds. The Bertz CT molecular complexity index is 1260. The SMILES string of the molecule is Cc1cc(-c2cc(C(=O)NC(C(N)=O)c3ccccc3)c3c(C)noc3n2)c(C)o1. The monoisotopic (exact) mass is 404 g/mol. The molecule has 0 aliphatic carbocycles. The average molecular weight is 404 g/mol. The number of nitrogens with zero attached hydrogens (tertiary/aromatic N) is 2. The van der Waals surface area contributed by atoms with Gasteiger partial charge in [0.15, 0.2) is 0 Å². The molecule has 0 fully saturated rings. The Labute approximate surface area is 172 Å². The van der Waals surface area contributed by atoms with E-state index in [1.807, 2.05) is 26.0 Å². The molecule has 0 saturated carbocycles. The van der Waals surface area contributed by atoms with Crippen LogP contribution in [0.2, 0.25) is 0 Å². The number of benzene rings is 1. The third-order valence-corrected chi connectivity index (χ3v) is 4.87. The molecule has 0 bridgehead atoms. The lowest BCUT2D eigenvalue weighted by atomic mass is 10.0. The Hall–Kier alpha value is -3.94. The predicted octanol–water partition coefficient (Wildman–Crippen LogP) is 3.36. The third kappa shape index (κ3) is 3.43. The van der Waals surface area contributed by atoms with Crippen molar-refractivity contribution in [2.75, 3.05) is 0 Å². The molecule has 0 aliphatic rings. The fourth-order valence-electron chi connectivity index (χ4n) is 3.47. The molecule has 1 unspecified atom stereocenters. The fourth-order valence-corrected chi connectivity index (χ4v) is 3.47. The Morgan fingerprint density at radius 2 is 1.83 bits per heavy atom. The molecule has 8 heteroatoms. The molecule has 4 aromatic rings. The van der Waals surface area contributed by atoms with Crippen LogP contribution in [0.25, 0.3) is 22.4 Å². The van der Waals surface area contributed by atoms with Gasteiger partial charge in [-0.1, -0.05) is 35.5 Å². The van der Waals surface area contributed by atoms with Gasteiger partial charge in [-0.25, -0.2) is 4.98 Å². The number of nitrogens with two attached hydrogens (primary N) is 1. The van der Waals surface area contributed by atoms with E-state index in [9.17, 15) is 9.59 Å². The zero-order valence-electron chi connectivity index (χ0n) is 16.7. The van der Waals surface area contributed by atoms with Crippen LogP contribution < -0.4 is 11.1 Å². The second kappa shape index (κ2) is 7.47. The summed E-state index contributed by atoms with van der Waals surface area (Å²) in [5.41, 5.74) is 8.42. The first kappa shape index (κ1) is 19.4. The Kier molecular flexibility index (Phi) is 4.83. The summed E-state index contributed by atoms with van der Waals surface area (Å²) in [6.07, 6.45) is 0. The van der Waals surface area contributed by atoms with Crippen molar-refractivity contribution in [3.05, 3.63) is 70.8 Å². The van der Waals surface area contributed by atoms with E-state index in [0.717, 1.165) is 11.3 Å². The number of carbonyl (C=O) groups is 2. The van der Waals surface area contributed by atoms with Crippen LogP contribution in [-0.4, -0.2) is 22.0 Å². The topological polar surface area (TPSA) is 124 Å². The van der Waals surface area contributed by atoms with Crippen molar-refractivity contribution in [2.45, 2.75) is 26.8 Å². The number of aromatic nitrogens is 2. The van der Waals surface area contributed by atoms with Gasteiger partial charge >= 0.3 is 0 Å². The fraction of sp³-hybridized carbons (Fsp3) is 0.182. The predicted molar refractivity (Wildman–Crippen MR) is 110 cm³/mol. The van der Waals surface area contributed by atoms with Gasteiger partial charge in [0, 0.05) is 5.56 Å². The van der Waals surface area contributed by atoms with Crippen LogP contribution in [-0.2, 0) is 4.79 Å². The normalized spacial score (nSPS) is 12.1. The summed E-state index contributed by atoms with van der Waals surface area (Å²) in [6, 6.07) is 11.3. The maximum absolute atomic E-state index is 13.2. The first-order valence-electron chi connectivity index (χ1n) is 9.34. The number of aryl methyl sites for hydroxylation is 3. The van der Waals surface area contributed by atoms with Crippen molar-refractivity contribution in [2.24, 2.45) is 5.73 Å². The summed E-state index contributed by atoms with van der Waals surface area (Å²) in [6.45, 7) is 5.37. The van der Waals surface area contributed by atoms with Crippen LogP contribution in [0.1, 0.15) is 39.2 Å². The van der Waals surface area contributed by atoms with E-state index >= 15 is 0 Å². The summed E-state index contributed by atoms with van der Waals surface area (Å²) < 4.78 is 10.9. The number of amides is 2. The van der Waals surface area contributed by atoms with Crippen LogP contribution in [0.5, 0.6) is 0 Å². The van der Waals surface area contributed by atoms with Crippen LogP contribution >= 0.6 is 0 Å². The molecular formula is C22H20N4O4. The first-order chi connectivity index (χ1) is 14.3. The summed E-state index contributed by atoms with van der Waals surface area (Å²) >= 11 is 0. The second-order valence-electron chi connectivity index (χ2n) is 7.05. The highest BCUT2D eigenvalue weighted by molar-refractivity contribution is 6.08. The van der Waals surface area contributed by atoms with Crippen molar-refractivity contribution >= 4 is 22.9 Å². The molecule has 3 aromatic heterocycles. The Morgan fingerprint density at radius 3 is 2.47 bits per heavy atom. The van der Waals surface area contributed by atoms with Crippen LogP contribution in [0, 0.1) is 20.8 Å². The third-order valence-electron chi connectivity index (χ3n) is 4.87. The highest BCUT2D eigenvalue weighted by atomic mass is 16.5. The molecule has 30 heavy (non-hydrogen) atoms. The number of rotatable bonds is 5. The molecule has 0 saturated heterocycles. The smallest absolute Gasteiger partial charge is 0.259 e. The minimum Gasteiger partial charge on any atom is -0.466 e. The molecule has 1 aromatic carbocycles. The molecule has 1 atom stereocenters. The van der Waals surface area contributed by atoms with Gasteiger partial charge in [-0.15, -0.1) is 0 Å². The summed E-state index contributed by atoms with van der Waals surface area (Å²) in [4.78, 5) is 29.8. The molecule has 4 rings (SSSR count). The van der Waals surface area contributed by atoms with Gasteiger partial charge in [-0.05, 0) is 38.5 Å². The summed E-state index contributed by atoms with van der Waals surface area (Å²) in [7, 11) is 0. The number of hydrogen-bond acceptors (Lipinski definition) is 6. The van der Waals surface area contributed by atoms with Gasteiger partial charge in [-0.2, -0.15) is 0 Å². The average Bonchev–Trinajstić information content (AvgIpc) is 3.27. The largest absolute Gasteiger partial charge is 0.466 e. The maximum Gasteiger partial charge on any atom is 0.259 e. The lowest BCUT2D eigenvalue weighted by Gasteiger charge is -2.16. The molecule has 0 spiro atoms. The summed E-state index contributed by atoms with van der Waals surface area (Å²) in [5, 5.41) is 7.14. The number of nitrogens with one attached hydrogen (secondary N) is 1. The molecule has 3 N–H and O–H groups in total. The van der Waals surface area contributed by atoms with E-state index in [0.29, 0.717) is 28.1 Å². The van der Waals surface area contributed by atoms with E-state index in [-0.39, 0.29) is 11.3 Å². The first-order valence-corrected chi connectivity index (χ1v) is 9.34. The van der Waals surface area contributed by atoms with Crippen molar-refractivity contribution in [1.29, 1.82) is 0 Å². The van der Waals surface area contributed by atoms with Crippen molar-refractivity contribution in [3.8, 4) is 11.3 Å². The van der Waals surface area contributed by atoms with Crippen LogP contribution in [0.3, 0.4) is 0 Å². The quantitative estimate of drug-likeness (QED) is 0.525. The zero-order valence-corrected chi connectivity index (χ0v) is 16.7. The Morgan fingerprint density at radius 1 is 1.10 bits per heavy atom. The minimum atomic E-state index is -0.983. The summed E-state index contributed by atoms with van der Waals surface area (Å²) in [5.74, 6) is 0.243. The van der Waals surface area contributed by atoms with Gasteiger partial charge in [0.05, 0.1) is 22.3 Å². The number of furan rings is 1. The molecule has 152 valence electrons. The number of pyridine rings is 1. The van der Waals surface area contributed by atoms with Crippen molar-refractivity contribution in [1.82, 2.24) is 15.5 Å². The molecular weight excluding hydrogens is 384 g/mol.